The van der Waals surface area contributed by atoms with Crippen LogP contribution in [0.5, 0.6) is 17.2 Å². The summed E-state index contributed by atoms with van der Waals surface area (Å²) in [7, 11) is 0. The van der Waals surface area contributed by atoms with Crippen molar-refractivity contribution in [2.75, 3.05) is 25.6 Å². The van der Waals surface area contributed by atoms with Gasteiger partial charge in [-0.15, -0.1) is 0 Å². The summed E-state index contributed by atoms with van der Waals surface area (Å²) in [4.78, 5) is 12.1. The molecule has 1 heterocycles. The number of carbonyl (C=O) groups is 1. The molecule has 1 aliphatic rings. The normalized spacial score (nSPS) is 12.8. The molecule has 0 radical (unpaired) electrons. The Bertz CT molecular complexity index is 669. The van der Waals surface area contributed by atoms with Crippen LogP contribution in [0.2, 0.25) is 0 Å². The monoisotopic (exact) mass is 285 g/mol. The van der Waals surface area contributed by atoms with Crippen LogP contribution in [-0.4, -0.2) is 25.6 Å². The van der Waals surface area contributed by atoms with Gasteiger partial charge in [0.1, 0.15) is 19.0 Å². The van der Waals surface area contributed by atoms with Crippen LogP contribution in [0.25, 0.3) is 0 Å². The minimum atomic E-state index is -0.130. The van der Waals surface area contributed by atoms with E-state index in [0.717, 1.165) is 0 Å². The number of Topliss-reactive ketones (excluding diaryl/α,β-unsaturated/α-hetero) is 1. The van der Waals surface area contributed by atoms with Crippen molar-refractivity contribution < 1.29 is 19.0 Å². The fraction of sp³-hybridized carbons (Fsp3) is 0.188. The third-order valence-corrected chi connectivity index (χ3v) is 3.09. The highest BCUT2D eigenvalue weighted by Crippen LogP contribution is 2.30. The molecule has 5 nitrogen and oxygen atoms in total. The number of hydrogen-bond donors (Lipinski definition) is 1. The molecule has 0 bridgehead atoms. The minimum Gasteiger partial charge on any atom is -0.486 e. The maximum absolute atomic E-state index is 12.1. The van der Waals surface area contributed by atoms with Gasteiger partial charge in [0.2, 0.25) is 0 Å². The van der Waals surface area contributed by atoms with Crippen molar-refractivity contribution in [1.82, 2.24) is 0 Å². The average molecular weight is 285 g/mol. The molecule has 21 heavy (non-hydrogen) atoms. The maximum atomic E-state index is 12.1. The van der Waals surface area contributed by atoms with E-state index in [1.54, 1.807) is 42.5 Å². The van der Waals surface area contributed by atoms with Crippen LogP contribution in [0.15, 0.2) is 42.5 Å². The van der Waals surface area contributed by atoms with Gasteiger partial charge in [-0.25, -0.2) is 0 Å². The summed E-state index contributed by atoms with van der Waals surface area (Å²) in [6.07, 6.45) is 0. The maximum Gasteiger partial charge on any atom is 0.200 e. The molecule has 0 fully saturated rings. The molecule has 5 heteroatoms. The Hall–Kier alpha value is -2.69. The summed E-state index contributed by atoms with van der Waals surface area (Å²) >= 11 is 0. The highest BCUT2D eigenvalue weighted by atomic mass is 16.6. The van der Waals surface area contributed by atoms with Crippen LogP contribution in [0.4, 0.5) is 5.69 Å². The van der Waals surface area contributed by atoms with Gasteiger partial charge < -0.3 is 19.9 Å². The second kappa shape index (κ2) is 5.75. The van der Waals surface area contributed by atoms with Crippen molar-refractivity contribution in [2.45, 2.75) is 0 Å². The Morgan fingerprint density at radius 3 is 2.71 bits per heavy atom. The van der Waals surface area contributed by atoms with Gasteiger partial charge in [-0.2, -0.15) is 0 Å². The molecule has 0 saturated carbocycles. The summed E-state index contributed by atoms with van der Waals surface area (Å²) in [5.74, 6) is 1.70. The lowest BCUT2D eigenvalue weighted by atomic mass is 10.1. The fourth-order valence-corrected chi connectivity index (χ4v) is 2.05. The van der Waals surface area contributed by atoms with Gasteiger partial charge in [-0.1, -0.05) is 6.07 Å². The van der Waals surface area contributed by atoms with E-state index in [2.05, 4.69) is 0 Å². The van der Waals surface area contributed by atoms with Crippen molar-refractivity contribution >= 4 is 11.5 Å². The SMILES string of the molecule is Nc1cccc(OCC(=O)c2ccc3c(c2)OCCO3)c1. The second-order valence-corrected chi connectivity index (χ2v) is 4.64. The molecular weight excluding hydrogens is 270 g/mol. The quantitative estimate of drug-likeness (QED) is 0.689. The first-order valence-electron chi connectivity index (χ1n) is 6.63. The van der Waals surface area contributed by atoms with Gasteiger partial charge in [0.05, 0.1) is 0 Å². The molecule has 0 spiro atoms. The van der Waals surface area contributed by atoms with E-state index in [0.29, 0.717) is 41.7 Å². The molecule has 2 aromatic carbocycles. The number of hydrogen-bond acceptors (Lipinski definition) is 5. The molecule has 2 aromatic rings. The standard InChI is InChI=1S/C16H15NO4/c17-12-2-1-3-13(9-12)21-10-14(18)11-4-5-15-16(8-11)20-7-6-19-15/h1-5,8-9H,6-7,10,17H2. The van der Waals surface area contributed by atoms with Crippen molar-refractivity contribution in [3.8, 4) is 17.2 Å². The first kappa shape index (κ1) is 13.3. The van der Waals surface area contributed by atoms with E-state index in [1.165, 1.54) is 0 Å². The van der Waals surface area contributed by atoms with Crippen LogP contribution in [0.3, 0.4) is 0 Å². The van der Waals surface area contributed by atoms with E-state index in [9.17, 15) is 4.79 Å². The molecule has 0 atom stereocenters. The third kappa shape index (κ3) is 3.08. The Labute approximate surface area is 122 Å². The van der Waals surface area contributed by atoms with Gasteiger partial charge in [-0.05, 0) is 30.3 Å². The predicted molar refractivity (Wildman–Crippen MR) is 78.1 cm³/mol. The van der Waals surface area contributed by atoms with E-state index in [4.69, 9.17) is 19.9 Å². The summed E-state index contributed by atoms with van der Waals surface area (Å²) < 4.78 is 16.3. The molecular formula is C16H15NO4. The number of benzene rings is 2. The van der Waals surface area contributed by atoms with Gasteiger partial charge in [0.25, 0.3) is 0 Å². The summed E-state index contributed by atoms with van der Waals surface area (Å²) in [5.41, 5.74) is 6.78. The Morgan fingerprint density at radius 1 is 1.10 bits per heavy atom. The lowest BCUT2D eigenvalue weighted by Crippen LogP contribution is -2.17. The summed E-state index contributed by atoms with van der Waals surface area (Å²) in [5, 5.41) is 0. The lowest BCUT2D eigenvalue weighted by molar-refractivity contribution is 0.0920. The summed E-state index contributed by atoms with van der Waals surface area (Å²) in [6, 6.07) is 12.1. The number of nitrogens with two attached hydrogens (primary N) is 1. The van der Waals surface area contributed by atoms with Gasteiger partial charge in [-0.3, -0.25) is 4.79 Å². The van der Waals surface area contributed by atoms with Crippen molar-refractivity contribution in [2.24, 2.45) is 0 Å². The van der Waals surface area contributed by atoms with E-state index in [1.807, 2.05) is 0 Å². The zero-order chi connectivity index (χ0) is 14.7. The van der Waals surface area contributed by atoms with E-state index >= 15 is 0 Å². The topological polar surface area (TPSA) is 70.8 Å². The Balaban J connectivity index is 1.68. The Kier molecular flexibility index (Phi) is 3.64. The smallest absolute Gasteiger partial charge is 0.200 e. The average Bonchev–Trinajstić information content (AvgIpc) is 2.52. The van der Waals surface area contributed by atoms with Crippen molar-refractivity contribution in [1.29, 1.82) is 0 Å². The lowest BCUT2D eigenvalue weighted by Gasteiger charge is -2.18. The zero-order valence-corrected chi connectivity index (χ0v) is 11.4. The highest BCUT2D eigenvalue weighted by molar-refractivity contribution is 5.97. The molecule has 2 N–H and O–H groups in total. The first-order chi connectivity index (χ1) is 10.2. The summed E-state index contributed by atoms with van der Waals surface area (Å²) in [6.45, 7) is 0.965. The van der Waals surface area contributed by atoms with E-state index in [-0.39, 0.29) is 12.4 Å². The molecule has 0 aromatic heterocycles. The third-order valence-electron chi connectivity index (χ3n) is 3.09. The van der Waals surface area contributed by atoms with Crippen LogP contribution in [-0.2, 0) is 0 Å². The molecule has 0 unspecified atom stereocenters. The van der Waals surface area contributed by atoms with Gasteiger partial charge >= 0.3 is 0 Å². The molecule has 1 aliphatic heterocycles. The molecule has 0 saturated heterocycles. The zero-order valence-electron chi connectivity index (χ0n) is 11.4. The number of anilines is 1. The van der Waals surface area contributed by atoms with Gasteiger partial charge in [0, 0.05) is 17.3 Å². The molecule has 3 rings (SSSR count). The van der Waals surface area contributed by atoms with Crippen LogP contribution in [0.1, 0.15) is 10.4 Å². The minimum absolute atomic E-state index is 0.0525. The molecule has 0 aliphatic carbocycles. The highest BCUT2D eigenvalue weighted by Gasteiger charge is 2.15. The van der Waals surface area contributed by atoms with E-state index < -0.39 is 0 Å². The van der Waals surface area contributed by atoms with Gasteiger partial charge in [0.15, 0.2) is 23.9 Å². The van der Waals surface area contributed by atoms with Crippen LogP contribution in [0, 0.1) is 0 Å². The first-order valence-corrected chi connectivity index (χ1v) is 6.63. The predicted octanol–water partition coefficient (Wildman–Crippen LogP) is 2.30. The largest absolute Gasteiger partial charge is 0.486 e. The number of rotatable bonds is 4. The number of nitrogen functional groups attached to an aromatic ring is 1. The number of fused-ring (bicyclic) bond motifs is 1. The Morgan fingerprint density at radius 2 is 1.90 bits per heavy atom. The number of ether oxygens (including phenoxy) is 3. The van der Waals surface area contributed by atoms with Crippen molar-refractivity contribution in [3.05, 3.63) is 48.0 Å². The fourth-order valence-electron chi connectivity index (χ4n) is 2.05. The van der Waals surface area contributed by atoms with Crippen LogP contribution < -0.4 is 19.9 Å². The van der Waals surface area contributed by atoms with Crippen LogP contribution >= 0.6 is 0 Å². The second-order valence-electron chi connectivity index (χ2n) is 4.64. The number of carbonyl (C=O) groups excluding carboxylic acids is 1. The molecule has 108 valence electrons. The molecule has 0 amide bonds. The number of ketones is 1. The van der Waals surface area contributed by atoms with Crippen molar-refractivity contribution in [3.63, 3.8) is 0 Å².